The summed E-state index contributed by atoms with van der Waals surface area (Å²) in [7, 11) is 1.43. The monoisotopic (exact) mass is 460 g/mol. The van der Waals surface area contributed by atoms with Gasteiger partial charge < -0.3 is 9.47 Å². The van der Waals surface area contributed by atoms with Crippen LogP contribution >= 0.6 is 0 Å². The van der Waals surface area contributed by atoms with Crippen molar-refractivity contribution >= 4 is 17.7 Å². The smallest absolute Gasteiger partial charge is 0.305 e. The molecule has 0 aromatic heterocycles. The lowest BCUT2D eigenvalue weighted by Gasteiger charge is -2.62. The fourth-order valence-electron chi connectivity index (χ4n) is 9.06. The summed E-state index contributed by atoms with van der Waals surface area (Å²) in [6.07, 6.45) is 8.30. The second-order valence-electron chi connectivity index (χ2n) is 12.4. The van der Waals surface area contributed by atoms with E-state index in [-0.39, 0.29) is 52.5 Å². The first-order valence-corrected chi connectivity index (χ1v) is 13.3. The highest BCUT2D eigenvalue weighted by molar-refractivity contribution is 5.87. The van der Waals surface area contributed by atoms with E-state index in [9.17, 15) is 14.4 Å². The van der Waals surface area contributed by atoms with E-state index in [4.69, 9.17) is 9.47 Å². The zero-order valence-electron chi connectivity index (χ0n) is 21.5. The number of carbonyl (C=O) groups is 3. The number of methoxy groups -OCH3 is 1. The summed E-state index contributed by atoms with van der Waals surface area (Å²) in [6, 6.07) is 0. The molecule has 4 aliphatic rings. The predicted octanol–water partition coefficient (Wildman–Crippen LogP) is 5.59. The highest BCUT2D eigenvalue weighted by Gasteiger charge is 2.66. The minimum absolute atomic E-state index is 0.0718. The Bertz CT molecular complexity index is 791. The van der Waals surface area contributed by atoms with Gasteiger partial charge in [-0.3, -0.25) is 14.4 Å². The molecule has 33 heavy (non-hydrogen) atoms. The van der Waals surface area contributed by atoms with E-state index in [1.807, 2.05) is 0 Å². The number of ether oxygens (including phenoxy) is 2. The topological polar surface area (TPSA) is 69.7 Å². The molecule has 5 nitrogen and oxygen atoms in total. The van der Waals surface area contributed by atoms with Gasteiger partial charge in [-0.15, -0.1) is 0 Å². The Hall–Kier alpha value is -1.39. The van der Waals surface area contributed by atoms with Crippen molar-refractivity contribution in [2.24, 2.45) is 52.3 Å². The van der Waals surface area contributed by atoms with Crippen LogP contribution in [0.3, 0.4) is 0 Å². The van der Waals surface area contributed by atoms with Crippen LogP contribution in [0.5, 0.6) is 0 Å². The molecule has 0 aliphatic heterocycles. The third-order valence-electron chi connectivity index (χ3n) is 10.9. The van der Waals surface area contributed by atoms with Crippen LogP contribution in [0.4, 0.5) is 0 Å². The summed E-state index contributed by atoms with van der Waals surface area (Å²) >= 11 is 0. The van der Waals surface area contributed by atoms with Gasteiger partial charge in [0.25, 0.3) is 0 Å². The second-order valence-corrected chi connectivity index (χ2v) is 12.4. The van der Waals surface area contributed by atoms with E-state index in [0.29, 0.717) is 36.4 Å². The van der Waals surface area contributed by atoms with E-state index in [1.54, 1.807) is 0 Å². The van der Waals surface area contributed by atoms with Crippen LogP contribution < -0.4 is 0 Å². The number of fused-ring (bicyclic) bond motifs is 5. The Balaban J connectivity index is 1.65. The number of Topliss-reactive ketones (excluding diaryl/α,β-unsaturated/α-hetero) is 1. The Morgan fingerprint density at radius 2 is 1.85 bits per heavy atom. The van der Waals surface area contributed by atoms with Crippen molar-refractivity contribution in [3.8, 4) is 0 Å². The van der Waals surface area contributed by atoms with E-state index >= 15 is 0 Å². The first kappa shape index (κ1) is 24.7. The lowest BCUT2D eigenvalue weighted by atomic mass is 9.43. The van der Waals surface area contributed by atoms with Crippen molar-refractivity contribution in [1.82, 2.24) is 0 Å². The summed E-state index contributed by atoms with van der Waals surface area (Å²) in [5, 5.41) is 0. The Labute approximate surface area is 199 Å². The average molecular weight is 461 g/mol. The lowest BCUT2D eigenvalue weighted by Crippen LogP contribution is -2.61. The predicted molar refractivity (Wildman–Crippen MR) is 126 cm³/mol. The molecule has 0 heterocycles. The Morgan fingerprint density at radius 3 is 2.52 bits per heavy atom. The van der Waals surface area contributed by atoms with Gasteiger partial charge in [0.05, 0.1) is 7.11 Å². The van der Waals surface area contributed by atoms with Crippen LogP contribution in [-0.4, -0.2) is 30.9 Å². The lowest BCUT2D eigenvalue weighted by molar-refractivity contribution is -0.192. The van der Waals surface area contributed by atoms with Crippen molar-refractivity contribution in [1.29, 1.82) is 0 Å². The minimum atomic E-state index is -0.389. The Morgan fingerprint density at radius 1 is 1.12 bits per heavy atom. The largest absolute Gasteiger partial charge is 0.469 e. The van der Waals surface area contributed by atoms with Gasteiger partial charge in [0.1, 0.15) is 11.9 Å². The maximum Gasteiger partial charge on any atom is 0.305 e. The van der Waals surface area contributed by atoms with Crippen LogP contribution in [0.15, 0.2) is 0 Å². The highest BCUT2D eigenvalue weighted by Crippen LogP contribution is 2.68. The van der Waals surface area contributed by atoms with Crippen molar-refractivity contribution in [2.45, 2.75) is 98.5 Å². The molecule has 186 valence electrons. The van der Waals surface area contributed by atoms with Gasteiger partial charge in [0, 0.05) is 31.1 Å². The number of esters is 2. The van der Waals surface area contributed by atoms with Crippen molar-refractivity contribution in [2.75, 3.05) is 7.11 Å². The molecular weight excluding hydrogens is 416 g/mol. The molecule has 4 fully saturated rings. The number of hydrogen-bond acceptors (Lipinski definition) is 5. The van der Waals surface area contributed by atoms with Crippen LogP contribution in [-0.2, 0) is 23.9 Å². The molecular formula is C28H44O5. The molecule has 5 heteroatoms. The zero-order chi connectivity index (χ0) is 24.1. The van der Waals surface area contributed by atoms with Crippen LogP contribution in [0.2, 0.25) is 0 Å². The molecule has 0 N–H and O–H groups in total. The van der Waals surface area contributed by atoms with Crippen LogP contribution in [0, 0.1) is 52.3 Å². The summed E-state index contributed by atoms with van der Waals surface area (Å²) < 4.78 is 10.9. The van der Waals surface area contributed by atoms with Gasteiger partial charge in [0.15, 0.2) is 0 Å². The summed E-state index contributed by atoms with van der Waals surface area (Å²) in [6.45, 7) is 10.7. The fourth-order valence-corrected chi connectivity index (χ4v) is 9.06. The standard InChI is InChI=1S/C28H44O5/c1-16-11-12-27(4)19(13-16)14-23(33-18(3)29)26-21-9-8-20(17(2)7-10-25(31)32-6)28(21,5)24(30)15-22(26)27/h16-17,19-23,26H,7-15H2,1-6H3/t16-,17?,19+,20-,21+,22+,23-,26+,27+,28-/m1/s1. The third kappa shape index (κ3) is 4.05. The molecule has 10 atom stereocenters. The molecule has 4 saturated carbocycles. The normalized spacial score (nSPS) is 45.4. The van der Waals surface area contributed by atoms with Crippen LogP contribution in [0.1, 0.15) is 92.4 Å². The second kappa shape index (κ2) is 9.00. The number of hydrogen-bond donors (Lipinski definition) is 0. The maximum atomic E-state index is 14.0. The van der Waals surface area contributed by atoms with E-state index in [0.717, 1.165) is 25.7 Å². The highest BCUT2D eigenvalue weighted by atomic mass is 16.5. The van der Waals surface area contributed by atoms with Crippen molar-refractivity contribution < 1.29 is 23.9 Å². The molecule has 0 aromatic rings. The molecule has 0 spiro atoms. The Kier molecular flexibility index (Phi) is 6.74. The van der Waals surface area contributed by atoms with Gasteiger partial charge in [0.2, 0.25) is 0 Å². The average Bonchev–Trinajstić information content (AvgIpc) is 3.11. The summed E-state index contributed by atoms with van der Waals surface area (Å²) in [5.41, 5.74) is -0.223. The third-order valence-corrected chi connectivity index (χ3v) is 10.9. The van der Waals surface area contributed by atoms with Gasteiger partial charge in [-0.2, -0.15) is 0 Å². The molecule has 0 aromatic carbocycles. The summed E-state index contributed by atoms with van der Waals surface area (Å²) in [5.74, 6) is 2.68. The van der Waals surface area contributed by atoms with Crippen molar-refractivity contribution in [3.63, 3.8) is 0 Å². The maximum absolute atomic E-state index is 14.0. The minimum Gasteiger partial charge on any atom is -0.469 e. The quantitative estimate of drug-likeness (QED) is 0.500. The molecule has 1 unspecified atom stereocenters. The van der Waals surface area contributed by atoms with Gasteiger partial charge in [-0.05, 0) is 79.4 Å². The molecule has 4 rings (SSSR count). The zero-order valence-corrected chi connectivity index (χ0v) is 21.5. The summed E-state index contributed by atoms with van der Waals surface area (Å²) in [4.78, 5) is 37.9. The first-order chi connectivity index (χ1) is 15.5. The fraction of sp³-hybridized carbons (Fsp3) is 0.893. The molecule has 0 radical (unpaired) electrons. The molecule has 0 amide bonds. The number of carbonyl (C=O) groups excluding carboxylic acids is 3. The van der Waals surface area contributed by atoms with E-state index < -0.39 is 0 Å². The number of rotatable bonds is 5. The molecule has 4 aliphatic carbocycles. The van der Waals surface area contributed by atoms with Gasteiger partial charge in [-0.25, -0.2) is 0 Å². The van der Waals surface area contributed by atoms with Crippen LogP contribution in [0.25, 0.3) is 0 Å². The molecule has 0 bridgehead atoms. The van der Waals surface area contributed by atoms with E-state index in [2.05, 4.69) is 27.7 Å². The van der Waals surface area contributed by atoms with Crippen molar-refractivity contribution in [3.05, 3.63) is 0 Å². The number of ketones is 1. The molecule has 0 saturated heterocycles. The SMILES string of the molecule is COC(=O)CCC(C)[C@H]1CC[C@H]2[C@@H]3[C@H](OC(C)=O)C[C@@H]4C[C@H](C)CC[C@]4(C)[C@H]3CC(=O)[C@]12C. The van der Waals surface area contributed by atoms with E-state index in [1.165, 1.54) is 33.3 Å². The first-order valence-electron chi connectivity index (χ1n) is 13.3. The van der Waals surface area contributed by atoms with Gasteiger partial charge in [-0.1, -0.05) is 34.1 Å². The van der Waals surface area contributed by atoms with Gasteiger partial charge >= 0.3 is 11.9 Å².